The highest BCUT2D eigenvalue weighted by molar-refractivity contribution is 6.30. The number of carboxylic acid groups (broad SMARTS) is 1. The van der Waals surface area contributed by atoms with Gasteiger partial charge in [-0.15, -0.1) is 0 Å². The van der Waals surface area contributed by atoms with E-state index in [1.54, 1.807) is 6.26 Å². The van der Waals surface area contributed by atoms with Gasteiger partial charge in [0.1, 0.15) is 11.4 Å². The van der Waals surface area contributed by atoms with Gasteiger partial charge in [0.15, 0.2) is 6.10 Å². The molecule has 178 valence electrons. The molecule has 0 spiro atoms. The Kier molecular flexibility index (Phi) is 6.32. The molecule has 3 heterocycles. The Hall–Kier alpha value is -3.09. The number of aryl methyl sites for hydroxylation is 2. The van der Waals surface area contributed by atoms with Crippen LogP contribution < -0.4 is 0 Å². The number of fused-ring (bicyclic) bond motifs is 1. The number of carboxylic acids is 1. The van der Waals surface area contributed by atoms with Crippen molar-refractivity contribution in [1.82, 2.24) is 9.55 Å². The summed E-state index contributed by atoms with van der Waals surface area (Å²) in [6.07, 6.45) is 0.469. The van der Waals surface area contributed by atoms with Crippen molar-refractivity contribution >= 4 is 28.6 Å². The molecule has 0 radical (unpaired) electrons. The molecule has 1 aromatic carbocycles. The number of hydrogen-bond donors (Lipinski definition) is 1. The molecule has 0 aliphatic heterocycles. The van der Waals surface area contributed by atoms with Crippen LogP contribution >= 0.6 is 11.6 Å². The first-order valence-corrected chi connectivity index (χ1v) is 11.5. The number of nitrogens with zero attached hydrogens (tertiary/aromatic N) is 2. The summed E-state index contributed by atoms with van der Waals surface area (Å²) in [4.78, 5) is 17.4. The maximum atomic E-state index is 12.5. The number of rotatable bonds is 6. The van der Waals surface area contributed by atoms with Crippen LogP contribution in [0.4, 0.5) is 0 Å². The fourth-order valence-corrected chi connectivity index (χ4v) is 4.50. The summed E-state index contributed by atoms with van der Waals surface area (Å²) in [5.41, 5.74) is 4.99. The summed E-state index contributed by atoms with van der Waals surface area (Å²) in [5, 5.41) is 11.7. The van der Waals surface area contributed by atoms with Crippen LogP contribution in [0, 0.1) is 20.8 Å². The van der Waals surface area contributed by atoms with E-state index in [2.05, 4.69) is 4.57 Å². The van der Waals surface area contributed by atoms with Crippen molar-refractivity contribution in [3.05, 3.63) is 76.0 Å². The third kappa shape index (κ3) is 4.48. The van der Waals surface area contributed by atoms with E-state index < -0.39 is 17.7 Å². The average Bonchev–Trinajstić information content (AvgIpc) is 3.34. The largest absolute Gasteiger partial charge is 0.479 e. The third-order valence-electron chi connectivity index (χ3n) is 5.97. The minimum atomic E-state index is -1.18. The highest BCUT2D eigenvalue weighted by Crippen LogP contribution is 2.42. The number of carbonyl (C=O) groups is 1. The van der Waals surface area contributed by atoms with E-state index in [-0.39, 0.29) is 0 Å². The number of halogens is 1. The lowest BCUT2D eigenvalue weighted by Crippen LogP contribution is -2.28. The van der Waals surface area contributed by atoms with E-state index in [1.165, 1.54) is 0 Å². The molecule has 4 aromatic rings. The van der Waals surface area contributed by atoms with Crippen LogP contribution in [-0.4, -0.2) is 26.2 Å². The summed E-state index contributed by atoms with van der Waals surface area (Å²) < 4.78 is 13.8. The maximum absolute atomic E-state index is 12.5. The van der Waals surface area contributed by atoms with Gasteiger partial charge in [0.25, 0.3) is 0 Å². The van der Waals surface area contributed by atoms with E-state index >= 15 is 0 Å². The Morgan fingerprint density at radius 3 is 2.41 bits per heavy atom. The first kappa shape index (κ1) is 24.0. The fraction of sp³-hybridized carbons (Fsp3) is 0.333. The lowest BCUT2D eigenvalue weighted by atomic mass is 9.91. The summed E-state index contributed by atoms with van der Waals surface area (Å²) in [6, 6.07) is 11.2. The standard InChI is InChI=1S/C27H29ClN2O4/c1-15-17(3)30(14-20-8-7-13-33-20)25-21(15)23(18-9-11-19(28)12-10-18)22(16(2)29-25)24(26(31)32)34-27(4,5)6/h7-13,24H,14H2,1-6H3,(H,31,32)/t24-/m0/s1. The molecule has 0 saturated carbocycles. The molecule has 6 nitrogen and oxygen atoms in total. The van der Waals surface area contributed by atoms with E-state index in [1.807, 2.05) is 77.9 Å². The lowest BCUT2D eigenvalue weighted by molar-refractivity contribution is -0.160. The average molecular weight is 481 g/mol. The molecule has 0 aliphatic rings. The summed E-state index contributed by atoms with van der Waals surface area (Å²) in [5.74, 6) is -0.241. The molecule has 4 rings (SSSR count). The van der Waals surface area contributed by atoms with Crippen molar-refractivity contribution in [2.45, 2.75) is 59.8 Å². The number of ether oxygens (including phenoxy) is 1. The van der Waals surface area contributed by atoms with Crippen LogP contribution in [0.5, 0.6) is 0 Å². The Balaban J connectivity index is 2.09. The smallest absolute Gasteiger partial charge is 0.337 e. The van der Waals surface area contributed by atoms with Gasteiger partial charge in [-0.1, -0.05) is 23.7 Å². The van der Waals surface area contributed by atoms with E-state index in [0.717, 1.165) is 39.2 Å². The van der Waals surface area contributed by atoms with Crippen molar-refractivity contribution in [2.24, 2.45) is 0 Å². The molecule has 7 heteroatoms. The predicted molar refractivity (Wildman–Crippen MR) is 133 cm³/mol. The maximum Gasteiger partial charge on any atom is 0.337 e. The van der Waals surface area contributed by atoms with E-state index in [0.29, 0.717) is 22.8 Å². The lowest BCUT2D eigenvalue weighted by Gasteiger charge is -2.28. The molecular formula is C27H29ClN2O4. The molecule has 0 saturated heterocycles. The Labute approximate surface area is 204 Å². The van der Waals surface area contributed by atoms with Crippen LogP contribution in [0.2, 0.25) is 5.02 Å². The summed E-state index contributed by atoms with van der Waals surface area (Å²) in [7, 11) is 0. The summed E-state index contributed by atoms with van der Waals surface area (Å²) >= 11 is 6.18. The van der Waals surface area contributed by atoms with Crippen molar-refractivity contribution in [3.8, 4) is 11.1 Å². The highest BCUT2D eigenvalue weighted by atomic mass is 35.5. The predicted octanol–water partition coefficient (Wildman–Crippen LogP) is 6.86. The minimum Gasteiger partial charge on any atom is -0.479 e. The van der Waals surface area contributed by atoms with Crippen LogP contribution in [-0.2, 0) is 16.1 Å². The second-order valence-electron chi connectivity index (χ2n) is 9.52. The Morgan fingerprint density at radius 2 is 1.85 bits per heavy atom. The van der Waals surface area contributed by atoms with E-state index in [4.69, 9.17) is 25.7 Å². The van der Waals surface area contributed by atoms with Gasteiger partial charge >= 0.3 is 5.97 Å². The minimum absolute atomic E-state index is 0.524. The molecule has 0 amide bonds. The van der Waals surface area contributed by atoms with Gasteiger partial charge in [-0.05, 0) is 76.9 Å². The molecular weight excluding hydrogens is 452 g/mol. The van der Waals surface area contributed by atoms with Crippen molar-refractivity contribution in [2.75, 3.05) is 0 Å². The first-order valence-electron chi connectivity index (χ1n) is 11.2. The van der Waals surface area contributed by atoms with Gasteiger partial charge in [-0.25, -0.2) is 9.78 Å². The zero-order valence-corrected chi connectivity index (χ0v) is 21.0. The number of furan rings is 1. The third-order valence-corrected chi connectivity index (χ3v) is 6.22. The van der Waals surface area contributed by atoms with Gasteiger partial charge < -0.3 is 18.8 Å². The Bertz CT molecular complexity index is 1350. The van der Waals surface area contributed by atoms with Gasteiger partial charge in [0.05, 0.1) is 18.4 Å². The number of hydrogen-bond acceptors (Lipinski definition) is 4. The summed E-state index contributed by atoms with van der Waals surface area (Å²) in [6.45, 7) is 12.0. The zero-order chi connectivity index (χ0) is 24.8. The number of aromatic nitrogens is 2. The van der Waals surface area contributed by atoms with Gasteiger partial charge in [0.2, 0.25) is 0 Å². The quantitative estimate of drug-likeness (QED) is 0.326. The molecule has 3 aromatic heterocycles. The Morgan fingerprint density at radius 1 is 1.18 bits per heavy atom. The topological polar surface area (TPSA) is 77.5 Å². The van der Waals surface area contributed by atoms with Crippen molar-refractivity contribution < 1.29 is 19.1 Å². The molecule has 34 heavy (non-hydrogen) atoms. The number of benzene rings is 1. The molecule has 0 fully saturated rings. The van der Waals surface area contributed by atoms with Gasteiger partial charge in [-0.3, -0.25) is 0 Å². The highest BCUT2D eigenvalue weighted by Gasteiger charge is 2.33. The SMILES string of the molecule is Cc1nc2c(c(C)c(C)n2Cc2ccco2)c(-c2ccc(Cl)cc2)c1[C@H](OC(C)(C)C)C(=O)O. The van der Waals surface area contributed by atoms with Gasteiger partial charge in [0, 0.05) is 32.9 Å². The molecule has 1 atom stereocenters. The van der Waals surface area contributed by atoms with Crippen LogP contribution in [0.1, 0.15) is 55.2 Å². The zero-order valence-electron chi connectivity index (χ0n) is 20.3. The number of aliphatic carboxylic acids is 1. The monoisotopic (exact) mass is 480 g/mol. The second-order valence-corrected chi connectivity index (χ2v) is 9.95. The van der Waals surface area contributed by atoms with Crippen molar-refractivity contribution in [1.29, 1.82) is 0 Å². The van der Waals surface area contributed by atoms with Crippen LogP contribution in [0.3, 0.4) is 0 Å². The normalized spacial score (nSPS) is 12.9. The molecule has 0 bridgehead atoms. The molecule has 1 N–H and O–H groups in total. The van der Waals surface area contributed by atoms with Gasteiger partial charge in [-0.2, -0.15) is 0 Å². The van der Waals surface area contributed by atoms with Crippen molar-refractivity contribution in [3.63, 3.8) is 0 Å². The molecule has 0 aliphatic carbocycles. The first-order chi connectivity index (χ1) is 16.0. The van der Waals surface area contributed by atoms with Crippen LogP contribution in [0.15, 0.2) is 47.1 Å². The second kappa shape index (κ2) is 8.93. The van der Waals surface area contributed by atoms with E-state index in [9.17, 15) is 9.90 Å². The molecule has 0 unspecified atom stereocenters. The fourth-order valence-electron chi connectivity index (χ4n) is 4.37. The number of pyridine rings is 1. The van der Waals surface area contributed by atoms with Crippen LogP contribution in [0.25, 0.3) is 22.2 Å².